The minimum absolute atomic E-state index is 0.146. The Bertz CT molecular complexity index is 1140. The molecule has 6 nitrogen and oxygen atoms in total. The van der Waals surface area contributed by atoms with E-state index in [0.717, 1.165) is 10.5 Å². The number of carbonyl (C=O) groups is 1. The highest BCUT2D eigenvalue weighted by atomic mass is 32.2. The Morgan fingerprint density at radius 1 is 1.33 bits per heavy atom. The van der Waals surface area contributed by atoms with Gasteiger partial charge in [-0.1, -0.05) is 29.7 Å². The Kier molecular flexibility index (Phi) is 7.04. The molecule has 1 aliphatic heterocycles. The molecule has 1 fully saturated rings. The summed E-state index contributed by atoms with van der Waals surface area (Å²) in [7, 11) is 3.03. The van der Waals surface area contributed by atoms with E-state index in [1.54, 1.807) is 18.8 Å². The van der Waals surface area contributed by atoms with Crippen LogP contribution < -0.4 is 20.7 Å². The number of alkyl halides is 2. The van der Waals surface area contributed by atoms with E-state index in [1.807, 2.05) is 24.4 Å². The van der Waals surface area contributed by atoms with Gasteiger partial charge in [-0.05, 0) is 36.6 Å². The number of methoxy groups -OCH3 is 1. The van der Waals surface area contributed by atoms with Crippen LogP contribution >= 0.6 is 11.8 Å². The van der Waals surface area contributed by atoms with Crippen LogP contribution in [0.5, 0.6) is 5.75 Å². The zero-order chi connectivity index (χ0) is 23.4. The van der Waals surface area contributed by atoms with Crippen molar-refractivity contribution in [2.75, 3.05) is 19.5 Å². The van der Waals surface area contributed by atoms with E-state index >= 15 is 0 Å². The number of hydrogen-bond acceptors (Lipinski definition) is 6. The molecule has 0 saturated heterocycles. The second-order valence-electron chi connectivity index (χ2n) is 7.70. The summed E-state index contributed by atoms with van der Waals surface area (Å²) in [6.45, 7) is 0. The number of pyridine rings is 1. The van der Waals surface area contributed by atoms with Gasteiger partial charge in [0.1, 0.15) is 11.4 Å². The number of nitrogens with zero attached hydrogens (tertiary/aromatic N) is 1. The minimum atomic E-state index is -2.72. The number of halogens is 2. The zero-order valence-electron chi connectivity index (χ0n) is 18.2. The topological polar surface area (TPSA) is 75.3 Å². The van der Waals surface area contributed by atoms with Gasteiger partial charge in [-0.2, -0.15) is 0 Å². The maximum Gasteiger partial charge on any atom is 0.280 e. The Morgan fingerprint density at radius 3 is 2.85 bits per heavy atom. The summed E-state index contributed by atoms with van der Waals surface area (Å²) < 4.78 is 32.2. The molecule has 9 heteroatoms. The molecule has 0 bridgehead atoms. The Morgan fingerprint density at radius 2 is 2.15 bits per heavy atom. The van der Waals surface area contributed by atoms with E-state index < -0.39 is 6.43 Å². The van der Waals surface area contributed by atoms with Gasteiger partial charge in [0, 0.05) is 36.0 Å². The maximum absolute atomic E-state index is 13.4. The van der Waals surface area contributed by atoms with Gasteiger partial charge in [0.25, 0.3) is 6.43 Å². The molecule has 1 atom stereocenters. The lowest BCUT2D eigenvalue weighted by Crippen LogP contribution is -2.26. The highest BCUT2D eigenvalue weighted by Gasteiger charge is 2.22. The third kappa shape index (κ3) is 5.76. The predicted octanol–water partition coefficient (Wildman–Crippen LogP) is 4.27. The van der Waals surface area contributed by atoms with Crippen LogP contribution in [-0.4, -0.2) is 30.5 Å². The van der Waals surface area contributed by atoms with Crippen molar-refractivity contribution in [3.63, 3.8) is 0 Å². The maximum atomic E-state index is 13.4. The number of nitrogens with one attached hydrogen (secondary N) is 3. The molecule has 3 N–H and O–H groups in total. The summed E-state index contributed by atoms with van der Waals surface area (Å²) in [5.74, 6) is 7.17. The van der Waals surface area contributed by atoms with Crippen LogP contribution in [-0.2, 0) is 11.2 Å². The number of likely N-dealkylation sites (N-methyl/N-ethyl adjacent to an activating group) is 1. The van der Waals surface area contributed by atoms with Crippen LogP contribution in [0.25, 0.3) is 11.1 Å². The van der Waals surface area contributed by atoms with E-state index in [0.29, 0.717) is 28.5 Å². The van der Waals surface area contributed by atoms with Gasteiger partial charge in [-0.15, -0.1) is 0 Å². The second kappa shape index (κ2) is 10.1. The molecule has 2 aliphatic rings. The molecule has 1 aromatic carbocycles. The lowest BCUT2D eigenvalue weighted by Gasteiger charge is -2.20. The standard InChI is InChI=1S/C24H24F2N4O2S/c1-27-22(31)10-15-6-8-19(30-24-29-12-16(33-24)7-5-14-3-4-14)17(9-15)18-11-20(23(25)26)28-13-21(18)32-2/h6,8-9,11-14,23-24,29-30H,3-4,10H2,1-2H3,(H,27,31). The zero-order valence-corrected chi connectivity index (χ0v) is 19.1. The van der Waals surface area contributed by atoms with E-state index in [-0.39, 0.29) is 23.5 Å². The van der Waals surface area contributed by atoms with Crippen LogP contribution in [0.4, 0.5) is 14.5 Å². The number of benzene rings is 1. The second-order valence-corrected chi connectivity index (χ2v) is 8.85. The molecule has 4 rings (SSSR count). The fraction of sp³-hybridized carbons (Fsp3) is 0.333. The average Bonchev–Trinajstić information content (AvgIpc) is 3.55. The van der Waals surface area contributed by atoms with Crippen molar-refractivity contribution in [1.29, 1.82) is 0 Å². The summed E-state index contributed by atoms with van der Waals surface area (Å²) in [4.78, 5) is 16.7. The summed E-state index contributed by atoms with van der Waals surface area (Å²) in [6.07, 6.45) is 2.95. The van der Waals surface area contributed by atoms with Crippen molar-refractivity contribution < 1.29 is 18.3 Å². The minimum Gasteiger partial charge on any atom is -0.494 e. The number of aromatic nitrogens is 1. The summed E-state index contributed by atoms with van der Waals surface area (Å²) in [5, 5.41) is 9.26. The Hall–Kier alpha value is -3.25. The van der Waals surface area contributed by atoms with Crippen LogP contribution in [0.3, 0.4) is 0 Å². The van der Waals surface area contributed by atoms with Gasteiger partial charge in [0.15, 0.2) is 5.50 Å². The molecular weight excluding hydrogens is 446 g/mol. The molecular formula is C24H24F2N4O2S. The monoisotopic (exact) mass is 470 g/mol. The fourth-order valence-electron chi connectivity index (χ4n) is 3.30. The first-order valence-electron chi connectivity index (χ1n) is 10.5. The lowest BCUT2D eigenvalue weighted by atomic mass is 9.98. The normalized spacial score (nSPS) is 17.0. The van der Waals surface area contributed by atoms with Crippen LogP contribution in [0, 0.1) is 17.8 Å². The van der Waals surface area contributed by atoms with Gasteiger partial charge in [0.2, 0.25) is 5.91 Å². The number of allylic oxidation sites excluding steroid dienone is 1. The lowest BCUT2D eigenvalue weighted by molar-refractivity contribution is -0.119. The molecule has 0 radical (unpaired) electrons. The highest BCUT2D eigenvalue weighted by Crippen LogP contribution is 2.39. The highest BCUT2D eigenvalue weighted by molar-refractivity contribution is 8.04. The molecule has 33 heavy (non-hydrogen) atoms. The molecule has 1 unspecified atom stereocenters. The van der Waals surface area contributed by atoms with Crippen LogP contribution in [0.15, 0.2) is 41.6 Å². The number of hydrogen-bond donors (Lipinski definition) is 3. The number of thioether (sulfide) groups is 1. The van der Waals surface area contributed by atoms with Crippen molar-refractivity contribution in [2.24, 2.45) is 5.92 Å². The van der Waals surface area contributed by atoms with Gasteiger partial charge in [-0.3, -0.25) is 9.78 Å². The first kappa shape index (κ1) is 22.9. The average molecular weight is 471 g/mol. The van der Waals surface area contributed by atoms with E-state index in [2.05, 4.69) is 32.8 Å². The van der Waals surface area contributed by atoms with E-state index in [4.69, 9.17) is 4.74 Å². The molecule has 1 amide bonds. The van der Waals surface area contributed by atoms with E-state index in [1.165, 1.54) is 32.2 Å². The van der Waals surface area contributed by atoms with Crippen molar-refractivity contribution in [1.82, 2.24) is 15.6 Å². The summed E-state index contributed by atoms with van der Waals surface area (Å²) in [5.41, 5.74) is 2.02. The predicted molar refractivity (Wildman–Crippen MR) is 126 cm³/mol. The van der Waals surface area contributed by atoms with Gasteiger partial charge < -0.3 is 20.7 Å². The van der Waals surface area contributed by atoms with Crippen molar-refractivity contribution in [3.8, 4) is 28.7 Å². The fourth-order valence-corrected chi connectivity index (χ4v) is 4.13. The summed E-state index contributed by atoms with van der Waals surface area (Å²) in [6, 6.07) is 6.81. The Labute approximate surface area is 195 Å². The van der Waals surface area contributed by atoms with Gasteiger partial charge >= 0.3 is 0 Å². The molecule has 1 saturated carbocycles. The van der Waals surface area contributed by atoms with Crippen molar-refractivity contribution in [2.45, 2.75) is 31.2 Å². The molecule has 1 aliphatic carbocycles. The first-order chi connectivity index (χ1) is 16.0. The van der Waals surface area contributed by atoms with Gasteiger partial charge in [0.05, 0.1) is 24.6 Å². The van der Waals surface area contributed by atoms with Crippen LogP contribution in [0.1, 0.15) is 30.5 Å². The number of ether oxygens (including phenoxy) is 1. The third-order valence-corrected chi connectivity index (χ3v) is 6.19. The first-order valence-corrected chi connectivity index (χ1v) is 11.4. The molecule has 172 valence electrons. The third-order valence-electron chi connectivity index (χ3n) is 5.22. The van der Waals surface area contributed by atoms with Crippen molar-refractivity contribution in [3.05, 3.63) is 52.8 Å². The van der Waals surface area contributed by atoms with E-state index in [9.17, 15) is 13.6 Å². The van der Waals surface area contributed by atoms with Gasteiger partial charge in [-0.25, -0.2) is 8.78 Å². The number of anilines is 1. The molecule has 2 heterocycles. The number of rotatable bonds is 7. The molecule has 1 aromatic heterocycles. The SMILES string of the molecule is CNC(=O)Cc1ccc(NC2NC=C(C#CC3CC3)S2)c(-c2cc(C(F)F)ncc2OC)c1. The number of amides is 1. The van der Waals surface area contributed by atoms with Crippen LogP contribution in [0.2, 0.25) is 0 Å². The summed E-state index contributed by atoms with van der Waals surface area (Å²) >= 11 is 1.55. The number of carbonyl (C=O) groups excluding carboxylic acids is 1. The molecule has 2 aromatic rings. The quantitative estimate of drug-likeness (QED) is 0.525. The van der Waals surface area contributed by atoms with Crippen molar-refractivity contribution >= 4 is 23.4 Å². The molecule has 0 spiro atoms. The largest absolute Gasteiger partial charge is 0.494 e. The smallest absolute Gasteiger partial charge is 0.280 e. The Balaban J connectivity index is 1.65.